The predicted molar refractivity (Wildman–Crippen MR) is 99.3 cm³/mol. The van der Waals surface area contributed by atoms with Gasteiger partial charge in [0.15, 0.2) is 0 Å². The quantitative estimate of drug-likeness (QED) is 0.844. The van der Waals surface area contributed by atoms with Crippen molar-refractivity contribution in [3.05, 3.63) is 47.3 Å². The summed E-state index contributed by atoms with van der Waals surface area (Å²) in [5.41, 5.74) is 4.42. The van der Waals surface area contributed by atoms with Crippen molar-refractivity contribution >= 4 is 11.6 Å². The van der Waals surface area contributed by atoms with Crippen LogP contribution in [0.25, 0.3) is 0 Å². The molecule has 0 bridgehead atoms. The first-order chi connectivity index (χ1) is 12.1. The minimum Gasteiger partial charge on any atom is -0.378 e. The Bertz CT molecular complexity index is 755. The third-order valence-electron chi connectivity index (χ3n) is 5.08. The minimum absolute atomic E-state index is 0.0205. The SMILES string of the molecule is CN(C)c1ccc(C(=O)NCCn2nc(C3CC3)cc2C2CC2)cc1. The minimum atomic E-state index is -0.0205. The van der Waals surface area contributed by atoms with Gasteiger partial charge >= 0.3 is 0 Å². The second-order valence-corrected chi connectivity index (χ2v) is 7.46. The van der Waals surface area contributed by atoms with Gasteiger partial charge in [0.1, 0.15) is 0 Å². The molecule has 2 aliphatic carbocycles. The molecule has 1 heterocycles. The van der Waals surface area contributed by atoms with Crippen LogP contribution in [0.2, 0.25) is 0 Å². The lowest BCUT2D eigenvalue weighted by Gasteiger charge is -2.13. The smallest absolute Gasteiger partial charge is 0.251 e. The first kappa shape index (κ1) is 16.2. The molecule has 4 rings (SSSR count). The van der Waals surface area contributed by atoms with Gasteiger partial charge in [-0.1, -0.05) is 0 Å². The highest BCUT2D eigenvalue weighted by Crippen LogP contribution is 2.44. The summed E-state index contributed by atoms with van der Waals surface area (Å²) in [5, 5.41) is 7.82. The van der Waals surface area contributed by atoms with Gasteiger partial charge in [-0.05, 0) is 56.0 Å². The van der Waals surface area contributed by atoms with Crippen molar-refractivity contribution in [3.8, 4) is 0 Å². The van der Waals surface area contributed by atoms with E-state index >= 15 is 0 Å². The number of hydrogen-bond acceptors (Lipinski definition) is 3. The Morgan fingerprint density at radius 2 is 1.84 bits per heavy atom. The average Bonchev–Trinajstić information content (AvgIpc) is 3.53. The van der Waals surface area contributed by atoms with E-state index in [0.717, 1.165) is 12.2 Å². The molecule has 1 N–H and O–H groups in total. The fourth-order valence-corrected chi connectivity index (χ4v) is 3.21. The van der Waals surface area contributed by atoms with Gasteiger partial charge in [-0.25, -0.2) is 0 Å². The first-order valence-electron chi connectivity index (χ1n) is 9.25. The van der Waals surface area contributed by atoms with E-state index in [2.05, 4.69) is 16.1 Å². The molecule has 0 atom stereocenters. The fourth-order valence-electron chi connectivity index (χ4n) is 3.21. The number of rotatable bonds is 7. The van der Waals surface area contributed by atoms with Crippen LogP contribution in [-0.2, 0) is 6.54 Å². The summed E-state index contributed by atoms with van der Waals surface area (Å²) < 4.78 is 2.13. The Balaban J connectivity index is 1.35. The Hall–Kier alpha value is -2.30. The summed E-state index contributed by atoms with van der Waals surface area (Å²) in [5.74, 6) is 1.35. The van der Waals surface area contributed by atoms with Crippen molar-refractivity contribution in [2.75, 3.05) is 25.5 Å². The number of benzene rings is 1. The van der Waals surface area contributed by atoms with Crippen LogP contribution in [0.5, 0.6) is 0 Å². The van der Waals surface area contributed by atoms with Gasteiger partial charge in [0.2, 0.25) is 0 Å². The molecule has 2 fully saturated rings. The summed E-state index contributed by atoms with van der Waals surface area (Å²) >= 11 is 0. The van der Waals surface area contributed by atoms with E-state index in [1.54, 1.807) is 0 Å². The molecule has 132 valence electrons. The average molecular weight is 338 g/mol. The van der Waals surface area contributed by atoms with Crippen molar-refractivity contribution in [1.29, 1.82) is 0 Å². The Labute approximate surface area is 149 Å². The largest absolute Gasteiger partial charge is 0.378 e. The van der Waals surface area contributed by atoms with Gasteiger partial charge < -0.3 is 10.2 Å². The van der Waals surface area contributed by atoms with E-state index in [9.17, 15) is 4.79 Å². The monoisotopic (exact) mass is 338 g/mol. The molecule has 0 radical (unpaired) electrons. The van der Waals surface area contributed by atoms with Crippen molar-refractivity contribution in [2.45, 2.75) is 44.1 Å². The van der Waals surface area contributed by atoms with Crippen molar-refractivity contribution in [2.24, 2.45) is 0 Å². The van der Waals surface area contributed by atoms with Crippen LogP contribution in [0.3, 0.4) is 0 Å². The lowest BCUT2D eigenvalue weighted by atomic mass is 10.2. The van der Waals surface area contributed by atoms with Gasteiger partial charge in [0, 0.05) is 49.4 Å². The van der Waals surface area contributed by atoms with Gasteiger partial charge in [-0.15, -0.1) is 0 Å². The molecule has 1 aromatic heterocycles. The molecule has 0 saturated heterocycles. The highest BCUT2D eigenvalue weighted by molar-refractivity contribution is 5.94. The zero-order chi connectivity index (χ0) is 17.4. The normalized spacial score (nSPS) is 16.7. The molecule has 0 aliphatic heterocycles. The number of amides is 1. The van der Waals surface area contributed by atoms with Gasteiger partial charge in [-0.3, -0.25) is 9.48 Å². The first-order valence-corrected chi connectivity index (χ1v) is 9.25. The highest BCUT2D eigenvalue weighted by Gasteiger charge is 2.32. The summed E-state index contributed by atoms with van der Waals surface area (Å²) in [6, 6.07) is 9.99. The van der Waals surface area contributed by atoms with Crippen LogP contribution < -0.4 is 10.2 Å². The summed E-state index contributed by atoms with van der Waals surface area (Å²) in [6.07, 6.45) is 5.11. The van der Waals surface area contributed by atoms with Crippen molar-refractivity contribution < 1.29 is 4.79 Å². The summed E-state index contributed by atoms with van der Waals surface area (Å²) in [7, 11) is 3.99. The molecule has 2 aromatic rings. The number of anilines is 1. The zero-order valence-corrected chi connectivity index (χ0v) is 15.0. The van der Waals surface area contributed by atoms with Crippen LogP contribution in [0.15, 0.2) is 30.3 Å². The molecule has 2 aliphatic rings. The van der Waals surface area contributed by atoms with Crippen LogP contribution in [0.4, 0.5) is 5.69 Å². The topological polar surface area (TPSA) is 50.2 Å². The molecule has 2 saturated carbocycles. The van der Waals surface area contributed by atoms with E-state index in [0.29, 0.717) is 23.9 Å². The molecule has 0 unspecified atom stereocenters. The maximum absolute atomic E-state index is 12.3. The second-order valence-electron chi connectivity index (χ2n) is 7.46. The number of carbonyl (C=O) groups excluding carboxylic acids is 1. The van der Waals surface area contributed by atoms with Crippen LogP contribution in [-0.4, -0.2) is 36.3 Å². The Morgan fingerprint density at radius 3 is 2.44 bits per heavy atom. The number of hydrogen-bond donors (Lipinski definition) is 1. The van der Waals surface area contributed by atoms with E-state index in [-0.39, 0.29) is 5.91 Å². The van der Waals surface area contributed by atoms with E-state index in [4.69, 9.17) is 5.10 Å². The van der Waals surface area contributed by atoms with Crippen LogP contribution in [0.1, 0.15) is 59.3 Å². The van der Waals surface area contributed by atoms with Gasteiger partial charge in [-0.2, -0.15) is 5.10 Å². The second kappa shape index (κ2) is 6.54. The number of carbonyl (C=O) groups is 1. The Morgan fingerprint density at radius 1 is 1.16 bits per heavy atom. The molecule has 0 spiro atoms. The highest BCUT2D eigenvalue weighted by atomic mass is 16.1. The van der Waals surface area contributed by atoms with Gasteiger partial charge in [0.05, 0.1) is 12.2 Å². The zero-order valence-electron chi connectivity index (χ0n) is 15.0. The van der Waals surface area contributed by atoms with Crippen LogP contribution >= 0.6 is 0 Å². The molecular formula is C20H26N4O. The maximum Gasteiger partial charge on any atom is 0.251 e. The number of nitrogens with zero attached hydrogens (tertiary/aromatic N) is 3. The lowest BCUT2D eigenvalue weighted by Crippen LogP contribution is -2.28. The molecule has 5 heteroatoms. The van der Waals surface area contributed by atoms with Gasteiger partial charge in [0.25, 0.3) is 5.91 Å². The van der Waals surface area contributed by atoms with Crippen LogP contribution in [0, 0.1) is 0 Å². The standard InChI is InChI=1S/C20H26N4O/c1-23(2)17-9-7-16(8-10-17)20(25)21-11-12-24-19(15-5-6-15)13-18(22-24)14-3-4-14/h7-10,13-15H,3-6,11-12H2,1-2H3,(H,21,25). The van der Waals surface area contributed by atoms with Crippen molar-refractivity contribution in [1.82, 2.24) is 15.1 Å². The molecule has 25 heavy (non-hydrogen) atoms. The molecule has 5 nitrogen and oxygen atoms in total. The van der Waals surface area contributed by atoms with Crippen molar-refractivity contribution in [3.63, 3.8) is 0 Å². The number of aromatic nitrogens is 2. The molecule has 1 amide bonds. The van der Waals surface area contributed by atoms with E-state index in [1.165, 1.54) is 37.1 Å². The predicted octanol–water partition coefficient (Wildman–Crippen LogP) is 3.13. The summed E-state index contributed by atoms with van der Waals surface area (Å²) in [4.78, 5) is 14.3. The fraction of sp³-hybridized carbons (Fsp3) is 0.500. The molecular weight excluding hydrogens is 312 g/mol. The number of nitrogens with one attached hydrogen (secondary N) is 1. The Kier molecular flexibility index (Phi) is 4.24. The molecule has 1 aromatic carbocycles. The maximum atomic E-state index is 12.3. The summed E-state index contributed by atoms with van der Waals surface area (Å²) in [6.45, 7) is 1.36. The lowest BCUT2D eigenvalue weighted by molar-refractivity contribution is 0.0952. The van der Waals surface area contributed by atoms with E-state index < -0.39 is 0 Å². The third kappa shape index (κ3) is 3.70. The third-order valence-corrected chi connectivity index (χ3v) is 5.08. The van der Waals surface area contributed by atoms with E-state index in [1.807, 2.05) is 43.3 Å².